The molecule has 42 heavy (non-hydrogen) atoms. The summed E-state index contributed by atoms with van der Waals surface area (Å²) in [5.41, 5.74) is 0. The largest absolute Gasteiger partial charge is 0.756 e. The van der Waals surface area contributed by atoms with Gasteiger partial charge in [-0.3, -0.25) is 14.2 Å². The van der Waals surface area contributed by atoms with Gasteiger partial charge in [0, 0.05) is 12.8 Å². The second-order valence-corrected chi connectivity index (χ2v) is 12.5. The Labute approximate surface area is 254 Å². The second-order valence-electron chi connectivity index (χ2n) is 11.1. The van der Waals surface area contributed by atoms with E-state index in [2.05, 4.69) is 55.5 Å². The quantitative estimate of drug-likeness (QED) is 0.0353. The SMILES string of the molecule is CC/C=C\C/C=C\C/C=C\C/C=C\CCCCC(=O)OC(COC(=O)CCCCC)COP(=O)([O-])OCC[N+](C)(C)C. The topological polar surface area (TPSA) is 111 Å². The molecular weight excluding hydrogens is 557 g/mol. The average molecular weight is 614 g/mol. The molecule has 0 saturated carbocycles. The van der Waals surface area contributed by atoms with Gasteiger partial charge in [-0.15, -0.1) is 0 Å². The normalized spacial score (nSPS) is 14.7. The van der Waals surface area contributed by atoms with E-state index >= 15 is 0 Å². The molecule has 0 aromatic rings. The van der Waals surface area contributed by atoms with Crippen LogP contribution in [0.5, 0.6) is 0 Å². The predicted molar refractivity (Wildman–Crippen MR) is 167 cm³/mol. The molecule has 9 nitrogen and oxygen atoms in total. The highest BCUT2D eigenvalue weighted by molar-refractivity contribution is 7.45. The van der Waals surface area contributed by atoms with Gasteiger partial charge in [-0.05, 0) is 51.4 Å². The van der Waals surface area contributed by atoms with Gasteiger partial charge in [-0.1, -0.05) is 75.3 Å². The number of hydrogen-bond acceptors (Lipinski definition) is 8. The number of hydrogen-bond donors (Lipinski definition) is 0. The molecule has 0 rings (SSSR count). The number of allylic oxidation sites excluding steroid dienone is 8. The molecule has 2 atom stereocenters. The van der Waals surface area contributed by atoms with Crippen molar-refractivity contribution in [3.8, 4) is 0 Å². The van der Waals surface area contributed by atoms with Crippen molar-refractivity contribution in [2.45, 2.75) is 97.0 Å². The van der Waals surface area contributed by atoms with Crippen molar-refractivity contribution in [2.75, 3.05) is 47.5 Å². The molecule has 0 N–H and O–H groups in total. The van der Waals surface area contributed by atoms with E-state index in [1.807, 2.05) is 28.1 Å². The van der Waals surface area contributed by atoms with Crippen LogP contribution in [0.1, 0.15) is 90.9 Å². The minimum atomic E-state index is -4.61. The van der Waals surface area contributed by atoms with Crippen LogP contribution in [0.25, 0.3) is 0 Å². The zero-order valence-corrected chi connectivity index (χ0v) is 27.6. The zero-order chi connectivity index (χ0) is 31.5. The fourth-order valence-electron chi connectivity index (χ4n) is 3.41. The van der Waals surface area contributed by atoms with Crippen LogP contribution in [0, 0.1) is 0 Å². The molecule has 0 fully saturated rings. The van der Waals surface area contributed by atoms with E-state index in [0.717, 1.165) is 51.4 Å². The predicted octanol–water partition coefficient (Wildman–Crippen LogP) is 6.60. The minimum absolute atomic E-state index is 0.0412. The van der Waals surface area contributed by atoms with E-state index in [1.54, 1.807) is 0 Å². The first kappa shape index (κ1) is 40.0. The maximum atomic E-state index is 12.4. The van der Waals surface area contributed by atoms with Crippen LogP contribution in [0.4, 0.5) is 0 Å². The molecule has 0 amide bonds. The number of likely N-dealkylation sites (N-methyl/N-ethyl adjacent to an activating group) is 1. The standard InChI is InChI=1S/C32H56NO8P/c1-6-8-10-11-12-13-14-15-16-17-18-19-20-21-23-25-32(35)41-30(28-38-31(34)24-22-9-7-2)29-40-42(36,37)39-27-26-33(3,4)5/h8,10,12-13,15-16,18-19,30H,6-7,9,11,14,17,20-29H2,1-5H3/b10-8-,13-12-,16-15-,19-18-. The van der Waals surface area contributed by atoms with Crippen molar-refractivity contribution >= 4 is 19.8 Å². The van der Waals surface area contributed by atoms with Crippen LogP contribution in [-0.4, -0.2) is 70.0 Å². The molecule has 0 saturated heterocycles. The second kappa shape index (κ2) is 25.5. The number of quaternary nitrogens is 1. The zero-order valence-electron chi connectivity index (χ0n) is 26.7. The number of nitrogens with zero attached hydrogens (tertiary/aromatic N) is 1. The first-order valence-electron chi connectivity index (χ1n) is 15.3. The van der Waals surface area contributed by atoms with Crippen LogP contribution in [-0.2, 0) is 32.7 Å². The van der Waals surface area contributed by atoms with Crippen molar-refractivity contribution in [1.29, 1.82) is 0 Å². The monoisotopic (exact) mass is 613 g/mol. The van der Waals surface area contributed by atoms with Gasteiger partial charge in [0.25, 0.3) is 7.82 Å². The molecule has 10 heteroatoms. The number of carbonyl (C=O) groups is 2. The highest BCUT2D eigenvalue weighted by atomic mass is 31.2. The number of esters is 2. The highest BCUT2D eigenvalue weighted by Gasteiger charge is 2.21. The lowest BCUT2D eigenvalue weighted by Crippen LogP contribution is -2.37. The third kappa shape index (κ3) is 28.1. The van der Waals surface area contributed by atoms with E-state index in [9.17, 15) is 19.0 Å². The summed E-state index contributed by atoms with van der Waals surface area (Å²) in [6, 6.07) is 0. The number of carbonyl (C=O) groups excluding carboxylic acids is 2. The molecule has 0 aliphatic heterocycles. The summed E-state index contributed by atoms with van der Waals surface area (Å²) in [7, 11) is 1.12. The fraction of sp³-hybridized carbons (Fsp3) is 0.688. The third-order valence-corrected chi connectivity index (χ3v) is 6.83. The smallest absolute Gasteiger partial charge is 0.306 e. The van der Waals surface area contributed by atoms with Crippen molar-refractivity contribution < 1.29 is 42.1 Å². The van der Waals surface area contributed by atoms with E-state index in [0.29, 0.717) is 23.9 Å². The lowest BCUT2D eigenvalue weighted by molar-refractivity contribution is -0.870. The van der Waals surface area contributed by atoms with Crippen molar-refractivity contribution in [1.82, 2.24) is 0 Å². The number of phosphoric ester groups is 1. The van der Waals surface area contributed by atoms with Crippen molar-refractivity contribution in [3.05, 3.63) is 48.6 Å². The summed E-state index contributed by atoms with van der Waals surface area (Å²) in [6.07, 6.45) is 25.2. The Balaban J connectivity index is 4.48. The van der Waals surface area contributed by atoms with E-state index in [-0.39, 0.29) is 26.1 Å². The summed E-state index contributed by atoms with van der Waals surface area (Å²) in [5.74, 6) is -0.922. The maximum Gasteiger partial charge on any atom is 0.306 e. The molecule has 2 unspecified atom stereocenters. The average Bonchev–Trinajstić information content (AvgIpc) is 2.91. The molecule has 0 aliphatic carbocycles. The Hall–Kier alpha value is -2.03. The number of phosphoric acid groups is 1. The Morgan fingerprint density at radius 1 is 0.762 bits per heavy atom. The Kier molecular flexibility index (Phi) is 24.2. The van der Waals surface area contributed by atoms with E-state index < -0.39 is 32.5 Å². The van der Waals surface area contributed by atoms with Gasteiger partial charge >= 0.3 is 11.9 Å². The van der Waals surface area contributed by atoms with Crippen LogP contribution in [0.2, 0.25) is 0 Å². The van der Waals surface area contributed by atoms with Gasteiger partial charge in [0.05, 0.1) is 27.7 Å². The fourth-order valence-corrected chi connectivity index (χ4v) is 4.13. The minimum Gasteiger partial charge on any atom is -0.756 e. The Morgan fingerprint density at radius 2 is 1.33 bits per heavy atom. The maximum absolute atomic E-state index is 12.4. The lowest BCUT2D eigenvalue weighted by atomic mass is 10.2. The number of rotatable bonds is 26. The molecule has 0 spiro atoms. The van der Waals surface area contributed by atoms with Gasteiger partial charge < -0.3 is 27.9 Å². The van der Waals surface area contributed by atoms with E-state index in [1.165, 1.54) is 0 Å². The molecule has 0 aromatic heterocycles. The summed E-state index contributed by atoms with van der Waals surface area (Å²) in [5, 5.41) is 0. The van der Waals surface area contributed by atoms with Gasteiger partial charge in [0.1, 0.15) is 19.8 Å². The summed E-state index contributed by atoms with van der Waals surface area (Å²) in [4.78, 5) is 36.6. The van der Waals surface area contributed by atoms with Crippen molar-refractivity contribution in [2.24, 2.45) is 0 Å². The highest BCUT2D eigenvalue weighted by Crippen LogP contribution is 2.38. The van der Waals surface area contributed by atoms with Gasteiger partial charge in [-0.25, -0.2) is 0 Å². The molecule has 0 aliphatic rings. The molecule has 0 aromatic carbocycles. The molecule has 0 radical (unpaired) electrons. The summed E-state index contributed by atoms with van der Waals surface area (Å²) >= 11 is 0. The van der Waals surface area contributed by atoms with Gasteiger partial charge in [-0.2, -0.15) is 0 Å². The first-order valence-corrected chi connectivity index (χ1v) is 16.8. The lowest BCUT2D eigenvalue weighted by Gasteiger charge is -2.28. The van der Waals surface area contributed by atoms with Crippen LogP contribution < -0.4 is 4.89 Å². The molecule has 242 valence electrons. The number of ether oxygens (including phenoxy) is 2. The molecule has 0 bridgehead atoms. The van der Waals surface area contributed by atoms with Crippen LogP contribution in [0.15, 0.2) is 48.6 Å². The molecule has 0 heterocycles. The number of unbranched alkanes of at least 4 members (excludes halogenated alkanes) is 4. The van der Waals surface area contributed by atoms with Gasteiger partial charge in [0.15, 0.2) is 6.10 Å². The van der Waals surface area contributed by atoms with Crippen LogP contribution >= 0.6 is 7.82 Å². The third-order valence-electron chi connectivity index (χ3n) is 5.86. The summed E-state index contributed by atoms with van der Waals surface area (Å²) < 4.78 is 33.2. The summed E-state index contributed by atoms with van der Waals surface area (Å²) in [6.45, 7) is 3.81. The van der Waals surface area contributed by atoms with Gasteiger partial charge in [0.2, 0.25) is 0 Å². The molecular formula is C32H56NO8P. The Bertz CT molecular complexity index is 876. The van der Waals surface area contributed by atoms with E-state index in [4.69, 9.17) is 18.5 Å². The Morgan fingerprint density at radius 3 is 1.93 bits per heavy atom. The van der Waals surface area contributed by atoms with Crippen molar-refractivity contribution in [3.63, 3.8) is 0 Å². The first-order chi connectivity index (χ1) is 20.0. The van der Waals surface area contributed by atoms with Crippen LogP contribution in [0.3, 0.4) is 0 Å².